The Morgan fingerprint density at radius 3 is 2.06 bits per heavy atom. The van der Waals surface area contributed by atoms with E-state index in [-0.39, 0.29) is 0 Å². The van der Waals surface area contributed by atoms with Gasteiger partial charge in [-0.2, -0.15) is 0 Å². The van der Waals surface area contributed by atoms with E-state index in [1.165, 1.54) is 19.6 Å². The van der Waals surface area contributed by atoms with Crippen molar-refractivity contribution in [2.24, 2.45) is 17.3 Å². The molecule has 1 fully saturated rings. The Balaban J connectivity index is 2.50. The van der Waals surface area contributed by atoms with E-state index in [4.69, 9.17) is 0 Å². The molecule has 2 heteroatoms. The molecule has 1 saturated heterocycles. The van der Waals surface area contributed by atoms with Crippen LogP contribution in [-0.2, 0) is 0 Å². The number of hydrogen-bond acceptors (Lipinski definition) is 2. The minimum Gasteiger partial charge on any atom is -0.312 e. The van der Waals surface area contributed by atoms with E-state index >= 15 is 0 Å². The van der Waals surface area contributed by atoms with E-state index in [2.05, 4.69) is 51.8 Å². The van der Waals surface area contributed by atoms with Crippen molar-refractivity contribution in [3.05, 3.63) is 0 Å². The van der Waals surface area contributed by atoms with Gasteiger partial charge < -0.3 is 10.2 Å². The van der Waals surface area contributed by atoms with Gasteiger partial charge in [-0.15, -0.1) is 0 Å². The predicted octanol–water partition coefficient (Wildman–Crippen LogP) is 2.60. The fraction of sp³-hybridized carbons (Fsp3) is 1.00. The molecular weight excluding hydrogens is 196 g/mol. The van der Waals surface area contributed by atoms with E-state index in [1.54, 1.807) is 0 Å². The highest BCUT2D eigenvalue weighted by molar-refractivity contribution is 4.87. The maximum absolute atomic E-state index is 3.64. The molecule has 1 N–H and O–H groups in total. The highest BCUT2D eigenvalue weighted by Crippen LogP contribution is 2.25. The van der Waals surface area contributed by atoms with Gasteiger partial charge in [-0.05, 0) is 23.8 Å². The smallest absolute Gasteiger partial charge is 0.0243 e. The van der Waals surface area contributed by atoms with Crippen LogP contribution in [0.2, 0.25) is 0 Å². The molecule has 1 aliphatic rings. The topological polar surface area (TPSA) is 15.3 Å². The third-order valence-corrected chi connectivity index (χ3v) is 4.00. The summed E-state index contributed by atoms with van der Waals surface area (Å²) < 4.78 is 0. The Kier molecular flexibility index (Phi) is 4.81. The molecule has 0 amide bonds. The molecule has 0 aromatic carbocycles. The second-order valence-electron chi connectivity index (χ2n) is 6.65. The SMILES string of the molecule is CCNC(CN1CC(C)C(C)C1)C(C)(C)C. The second-order valence-corrected chi connectivity index (χ2v) is 6.65. The van der Waals surface area contributed by atoms with Crippen molar-refractivity contribution in [2.45, 2.75) is 47.6 Å². The molecule has 3 unspecified atom stereocenters. The highest BCUT2D eigenvalue weighted by atomic mass is 15.2. The summed E-state index contributed by atoms with van der Waals surface area (Å²) in [5.74, 6) is 1.73. The first-order valence-corrected chi connectivity index (χ1v) is 6.80. The lowest BCUT2D eigenvalue weighted by atomic mass is 9.86. The van der Waals surface area contributed by atoms with Gasteiger partial charge in [0, 0.05) is 25.7 Å². The van der Waals surface area contributed by atoms with Crippen LogP contribution in [0, 0.1) is 17.3 Å². The number of rotatable bonds is 4. The highest BCUT2D eigenvalue weighted by Gasteiger charge is 2.31. The van der Waals surface area contributed by atoms with Crippen molar-refractivity contribution in [3.8, 4) is 0 Å². The Labute approximate surface area is 102 Å². The van der Waals surface area contributed by atoms with Crippen molar-refractivity contribution >= 4 is 0 Å². The minimum atomic E-state index is 0.352. The van der Waals surface area contributed by atoms with Crippen LogP contribution in [0.1, 0.15) is 41.5 Å². The zero-order valence-corrected chi connectivity index (χ0v) is 12.0. The van der Waals surface area contributed by atoms with Crippen LogP contribution in [-0.4, -0.2) is 37.1 Å². The third-order valence-electron chi connectivity index (χ3n) is 4.00. The minimum absolute atomic E-state index is 0.352. The first-order valence-electron chi connectivity index (χ1n) is 6.80. The van der Waals surface area contributed by atoms with Crippen LogP contribution in [0.5, 0.6) is 0 Å². The van der Waals surface area contributed by atoms with Gasteiger partial charge in [0.15, 0.2) is 0 Å². The normalized spacial score (nSPS) is 29.6. The van der Waals surface area contributed by atoms with Crippen LogP contribution >= 0.6 is 0 Å². The average molecular weight is 226 g/mol. The fourth-order valence-electron chi connectivity index (χ4n) is 2.55. The van der Waals surface area contributed by atoms with Crippen molar-refractivity contribution in [1.82, 2.24) is 10.2 Å². The molecule has 0 bridgehead atoms. The molecule has 1 rings (SSSR count). The number of nitrogens with zero attached hydrogens (tertiary/aromatic N) is 1. The van der Waals surface area contributed by atoms with Crippen LogP contribution in [0.3, 0.4) is 0 Å². The van der Waals surface area contributed by atoms with Gasteiger partial charge in [-0.1, -0.05) is 41.5 Å². The molecule has 0 radical (unpaired) electrons. The lowest BCUT2D eigenvalue weighted by Gasteiger charge is -2.34. The summed E-state index contributed by atoms with van der Waals surface area (Å²) >= 11 is 0. The number of hydrogen-bond donors (Lipinski definition) is 1. The van der Waals surface area contributed by atoms with Gasteiger partial charge in [0.25, 0.3) is 0 Å². The largest absolute Gasteiger partial charge is 0.312 e. The summed E-state index contributed by atoms with van der Waals surface area (Å²) in [5.41, 5.74) is 0.352. The van der Waals surface area contributed by atoms with Gasteiger partial charge in [-0.25, -0.2) is 0 Å². The van der Waals surface area contributed by atoms with E-state index in [0.717, 1.165) is 18.4 Å². The molecule has 3 atom stereocenters. The lowest BCUT2D eigenvalue weighted by molar-refractivity contribution is 0.192. The number of nitrogens with one attached hydrogen (secondary N) is 1. The molecule has 0 aromatic heterocycles. The molecule has 0 spiro atoms. The van der Waals surface area contributed by atoms with Gasteiger partial charge in [0.05, 0.1) is 0 Å². The van der Waals surface area contributed by atoms with Crippen LogP contribution < -0.4 is 5.32 Å². The van der Waals surface area contributed by atoms with E-state index in [0.29, 0.717) is 11.5 Å². The first-order chi connectivity index (χ1) is 7.34. The van der Waals surface area contributed by atoms with Crippen molar-refractivity contribution in [3.63, 3.8) is 0 Å². The van der Waals surface area contributed by atoms with Crippen molar-refractivity contribution < 1.29 is 0 Å². The molecule has 0 aliphatic carbocycles. The standard InChI is InChI=1S/C14H30N2/c1-7-15-13(14(4,5)6)10-16-8-11(2)12(3)9-16/h11-13,15H,7-10H2,1-6H3. The van der Waals surface area contributed by atoms with Gasteiger partial charge >= 0.3 is 0 Å². The lowest BCUT2D eigenvalue weighted by Crippen LogP contribution is -2.48. The summed E-state index contributed by atoms with van der Waals surface area (Å²) in [5, 5.41) is 3.64. The first kappa shape index (κ1) is 14.0. The third kappa shape index (κ3) is 3.74. The zero-order valence-electron chi connectivity index (χ0n) is 12.0. The summed E-state index contributed by atoms with van der Waals surface area (Å²) in [4.78, 5) is 2.63. The summed E-state index contributed by atoms with van der Waals surface area (Å²) in [6, 6.07) is 0.606. The van der Waals surface area contributed by atoms with E-state index in [9.17, 15) is 0 Å². The maximum Gasteiger partial charge on any atom is 0.0243 e. The predicted molar refractivity (Wildman–Crippen MR) is 71.7 cm³/mol. The Hall–Kier alpha value is -0.0800. The fourth-order valence-corrected chi connectivity index (χ4v) is 2.55. The van der Waals surface area contributed by atoms with Crippen molar-refractivity contribution in [2.75, 3.05) is 26.2 Å². The molecule has 0 aromatic rings. The molecule has 1 heterocycles. The molecule has 2 nitrogen and oxygen atoms in total. The maximum atomic E-state index is 3.64. The molecular formula is C14H30N2. The monoisotopic (exact) mass is 226 g/mol. The van der Waals surface area contributed by atoms with Crippen LogP contribution in [0.15, 0.2) is 0 Å². The Morgan fingerprint density at radius 2 is 1.69 bits per heavy atom. The second kappa shape index (κ2) is 5.50. The summed E-state index contributed by atoms with van der Waals surface area (Å²) in [7, 11) is 0. The van der Waals surface area contributed by atoms with Crippen LogP contribution in [0.25, 0.3) is 0 Å². The molecule has 96 valence electrons. The van der Waals surface area contributed by atoms with Crippen molar-refractivity contribution in [1.29, 1.82) is 0 Å². The molecule has 16 heavy (non-hydrogen) atoms. The summed E-state index contributed by atoms with van der Waals surface area (Å²) in [6.45, 7) is 18.8. The zero-order chi connectivity index (χ0) is 12.3. The quantitative estimate of drug-likeness (QED) is 0.792. The van der Waals surface area contributed by atoms with E-state index < -0.39 is 0 Å². The Morgan fingerprint density at radius 1 is 1.19 bits per heavy atom. The Bertz CT molecular complexity index is 197. The summed E-state index contributed by atoms with van der Waals surface area (Å²) in [6.07, 6.45) is 0. The number of likely N-dealkylation sites (tertiary alicyclic amines) is 1. The van der Waals surface area contributed by atoms with E-state index in [1.807, 2.05) is 0 Å². The van der Waals surface area contributed by atoms with Crippen LogP contribution in [0.4, 0.5) is 0 Å². The average Bonchev–Trinajstić information content (AvgIpc) is 2.44. The number of likely N-dealkylation sites (N-methyl/N-ethyl adjacent to an activating group) is 1. The van der Waals surface area contributed by atoms with Gasteiger partial charge in [-0.3, -0.25) is 0 Å². The molecule has 1 aliphatic heterocycles. The molecule has 0 saturated carbocycles. The van der Waals surface area contributed by atoms with Gasteiger partial charge in [0.1, 0.15) is 0 Å². The van der Waals surface area contributed by atoms with Gasteiger partial charge in [0.2, 0.25) is 0 Å².